The number of rotatable bonds is 6. The summed E-state index contributed by atoms with van der Waals surface area (Å²) in [7, 11) is 1.00. The summed E-state index contributed by atoms with van der Waals surface area (Å²) < 4.78 is 32.1. The van der Waals surface area contributed by atoms with Gasteiger partial charge in [-0.05, 0) is 64.4 Å². The number of carbonyl (C=O) groups excluding carboxylic acids is 2. The van der Waals surface area contributed by atoms with Crippen LogP contribution in [-0.4, -0.2) is 70.6 Å². The van der Waals surface area contributed by atoms with Crippen LogP contribution >= 0.6 is 0 Å². The molecule has 2 N–H and O–H groups in total. The number of hydrogen-bond acceptors (Lipinski definition) is 6. The average molecular weight is 526 g/mol. The normalized spacial score (nSPS) is 43.4. The van der Waals surface area contributed by atoms with Gasteiger partial charge in [0.05, 0.1) is 0 Å². The molecule has 1 aliphatic heterocycles. The smallest absolute Gasteiger partial charge is 0.192 e. The number of nitrogens with zero attached hydrogens (tertiary/aromatic N) is 1. The number of aliphatic hydroxyl groups is 2. The van der Waals surface area contributed by atoms with Gasteiger partial charge in [0, 0.05) is 42.4 Å². The number of alkyl halides is 2. The maximum atomic E-state index is 17.0. The topological polar surface area (TPSA) is 87.1 Å². The number of allylic oxidation sites excluding steroid dienone is 2. The van der Waals surface area contributed by atoms with E-state index >= 15 is 8.78 Å². The molecular formula is C29H45F2NO5. The minimum atomic E-state index is -1.66. The van der Waals surface area contributed by atoms with Crippen LogP contribution in [0.5, 0.6) is 0 Å². The summed E-state index contributed by atoms with van der Waals surface area (Å²) in [6.45, 7) is 9.19. The molecule has 2 unspecified atom stereocenters. The van der Waals surface area contributed by atoms with E-state index in [9.17, 15) is 14.7 Å². The van der Waals surface area contributed by atoms with Crippen molar-refractivity contribution in [3.8, 4) is 12.8 Å². The third kappa shape index (κ3) is 4.71. The van der Waals surface area contributed by atoms with Crippen LogP contribution in [0.4, 0.5) is 8.78 Å². The molecule has 0 amide bonds. The second-order valence-electron chi connectivity index (χ2n) is 11.6. The zero-order valence-corrected chi connectivity index (χ0v) is 23.2. The van der Waals surface area contributed by atoms with Crippen LogP contribution in [0.15, 0.2) is 12.2 Å². The second kappa shape index (κ2) is 11.6. The maximum Gasteiger partial charge on any atom is 0.192 e. The SMILES string of the molecule is C#C.CCC(C)N1C[C@@H]2CC3[C@@H]4C[C@H](F)C[C@](C)(/C=C\C(C)=O)[C@@]4(F)CC[C@]3(C)[C@]2(C(=O)CO)O1.CO. The van der Waals surface area contributed by atoms with Crippen molar-refractivity contribution in [2.24, 2.45) is 28.6 Å². The highest BCUT2D eigenvalue weighted by Crippen LogP contribution is 2.72. The van der Waals surface area contributed by atoms with Crippen LogP contribution in [0.3, 0.4) is 0 Å². The summed E-state index contributed by atoms with van der Waals surface area (Å²) in [6.07, 6.45) is 12.0. The minimum absolute atomic E-state index is 0.0512. The average Bonchev–Trinajstić information content (AvgIpc) is 3.39. The molecule has 0 aromatic heterocycles. The van der Waals surface area contributed by atoms with E-state index in [0.717, 1.165) is 13.5 Å². The highest BCUT2D eigenvalue weighted by Gasteiger charge is 2.76. The number of hydrogen-bond donors (Lipinski definition) is 2. The van der Waals surface area contributed by atoms with E-state index in [4.69, 9.17) is 9.94 Å². The first kappa shape index (κ1) is 31.6. The Balaban J connectivity index is 0.00000115. The van der Waals surface area contributed by atoms with E-state index in [1.807, 2.05) is 18.9 Å². The lowest BCUT2D eigenvalue weighted by Gasteiger charge is -2.60. The molecule has 4 aliphatic rings. The summed E-state index contributed by atoms with van der Waals surface area (Å²) in [6, 6.07) is 0.120. The number of terminal acetylenes is 1. The molecule has 0 aromatic carbocycles. The molecule has 9 atom stereocenters. The summed E-state index contributed by atoms with van der Waals surface area (Å²) >= 11 is 0. The number of carbonyl (C=O) groups is 2. The number of halogens is 2. The first-order valence-electron chi connectivity index (χ1n) is 13.3. The van der Waals surface area contributed by atoms with Gasteiger partial charge in [-0.2, -0.15) is 5.06 Å². The fourth-order valence-corrected chi connectivity index (χ4v) is 7.97. The lowest BCUT2D eigenvalue weighted by Crippen LogP contribution is -2.65. The molecule has 3 saturated carbocycles. The molecule has 0 spiro atoms. The third-order valence-electron chi connectivity index (χ3n) is 9.95. The van der Waals surface area contributed by atoms with Gasteiger partial charge >= 0.3 is 0 Å². The number of hydroxylamine groups is 2. The first-order valence-corrected chi connectivity index (χ1v) is 13.3. The second-order valence-corrected chi connectivity index (χ2v) is 11.6. The summed E-state index contributed by atoms with van der Waals surface area (Å²) in [5.74, 6) is -1.50. The van der Waals surface area contributed by atoms with Gasteiger partial charge in [-0.1, -0.05) is 26.8 Å². The molecule has 3 aliphatic carbocycles. The van der Waals surface area contributed by atoms with E-state index < -0.39 is 40.8 Å². The Morgan fingerprint density at radius 3 is 2.35 bits per heavy atom. The first-order chi connectivity index (χ1) is 17.4. The molecule has 4 fully saturated rings. The Kier molecular flexibility index (Phi) is 9.90. The van der Waals surface area contributed by atoms with Crippen LogP contribution in [-0.2, 0) is 14.4 Å². The Hall–Kier alpha value is -1.66. The van der Waals surface area contributed by atoms with Crippen molar-refractivity contribution in [2.75, 3.05) is 20.3 Å². The quantitative estimate of drug-likeness (QED) is 0.399. The number of fused-ring (bicyclic) bond motifs is 5. The van der Waals surface area contributed by atoms with Gasteiger partial charge in [-0.25, -0.2) is 8.78 Å². The number of Topliss-reactive ketones (excluding diaryl/α,β-unsaturated/α-hetero) is 1. The monoisotopic (exact) mass is 525 g/mol. The third-order valence-corrected chi connectivity index (χ3v) is 9.95. The molecule has 37 heavy (non-hydrogen) atoms. The van der Waals surface area contributed by atoms with Crippen molar-refractivity contribution in [1.29, 1.82) is 0 Å². The van der Waals surface area contributed by atoms with Crippen molar-refractivity contribution in [1.82, 2.24) is 5.06 Å². The van der Waals surface area contributed by atoms with Crippen molar-refractivity contribution in [3.63, 3.8) is 0 Å². The molecule has 4 rings (SSSR count). The predicted octanol–water partition coefficient (Wildman–Crippen LogP) is 4.23. The van der Waals surface area contributed by atoms with E-state index in [2.05, 4.69) is 19.8 Å². The maximum absolute atomic E-state index is 17.0. The van der Waals surface area contributed by atoms with Gasteiger partial charge in [0.1, 0.15) is 18.4 Å². The van der Waals surface area contributed by atoms with Gasteiger partial charge in [-0.15, -0.1) is 12.8 Å². The van der Waals surface area contributed by atoms with Gasteiger partial charge < -0.3 is 10.2 Å². The van der Waals surface area contributed by atoms with Gasteiger partial charge in [0.15, 0.2) is 17.2 Å². The van der Waals surface area contributed by atoms with Crippen molar-refractivity contribution in [2.45, 2.75) is 96.6 Å². The summed E-state index contributed by atoms with van der Waals surface area (Å²) in [4.78, 5) is 31.4. The number of aliphatic hydroxyl groups excluding tert-OH is 2. The number of ketones is 2. The zero-order chi connectivity index (χ0) is 28.4. The summed E-state index contributed by atoms with van der Waals surface area (Å²) in [5, 5.41) is 18.8. The molecule has 1 saturated heterocycles. The van der Waals surface area contributed by atoms with E-state index in [1.54, 1.807) is 13.0 Å². The molecule has 8 heteroatoms. The van der Waals surface area contributed by atoms with E-state index in [-0.39, 0.29) is 48.7 Å². The molecule has 0 bridgehead atoms. The van der Waals surface area contributed by atoms with Crippen LogP contribution in [0.1, 0.15) is 73.1 Å². The van der Waals surface area contributed by atoms with Crippen molar-refractivity contribution in [3.05, 3.63) is 12.2 Å². The lowest BCUT2D eigenvalue weighted by molar-refractivity contribution is -0.262. The zero-order valence-electron chi connectivity index (χ0n) is 23.2. The minimum Gasteiger partial charge on any atom is -0.400 e. The molecule has 0 radical (unpaired) electrons. The van der Waals surface area contributed by atoms with Crippen LogP contribution in [0, 0.1) is 41.4 Å². The van der Waals surface area contributed by atoms with E-state index in [1.165, 1.54) is 13.0 Å². The molecule has 210 valence electrons. The van der Waals surface area contributed by atoms with Gasteiger partial charge in [0.25, 0.3) is 0 Å². The highest BCUT2D eigenvalue weighted by atomic mass is 19.1. The molecule has 0 aromatic rings. The fourth-order valence-electron chi connectivity index (χ4n) is 7.97. The van der Waals surface area contributed by atoms with Crippen molar-refractivity contribution < 1.29 is 33.4 Å². The van der Waals surface area contributed by atoms with Crippen molar-refractivity contribution >= 4 is 11.6 Å². The Morgan fingerprint density at radius 1 is 1.19 bits per heavy atom. The predicted molar refractivity (Wildman–Crippen MR) is 139 cm³/mol. The van der Waals surface area contributed by atoms with Crippen LogP contribution < -0.4 is 0 Å². The van der Waals surface area contributed by atoms with Gasteiger partial charge in [0.2, 0.25) is 0 Å². The lowest BCUT2D eigenvalue weighted by atomic mass is 9.46. The highest BCUT2D eigenvalue weighted by molar-refractivity contribution is 5.90. The Bertz CT molecular complexity index is 895. The van der Waals surface area contributed by atoms with Crippen LogP contribution in [0.2, 0.25) is 0 Å². The fraction of sp³-hybridized carbons (Fsp3) is 0.793. The molecule has 6 nitrogen and oxygen atoms in total. The summed E-state index contributed by atoms with van der Waals surface area (Å²) in [5.41, 5.74) is -4.64. The Labute approximate surface area is 220 Å². The standard InChI is InChI=1S/C26H39F2NO4.C2H2.CH4O/c1-6-16(2)29-14-18-11-20-21-12-19(27)13-23(4,8-7-17(3)31)25(21,28)10-9-24(20,5)26(18,33-29)22(32)15-30;2*1-2/h7-8,16,18-21,30H,6,9-15H2,1-5H3;1-2H;2H,1H3/b8-7-;;/t16?,18-,19-,20?,21-,23-,24-,25+,26-;;/m0../s1. The van der Waals surface area contributed by atoms with Gasteiger partial charge in [-0.3, -0.25) is 14.4 Å². The van der Waals surface area contributed by atoms with Crippen LogP contribution in [0.25, 0.3) is 0 Å². The Morgan fingerprint density at radius 2 is 1.81 bits per heavy atom. The molecule has 1 heterocycles. The van der Waals surface area contributed by atoms with E-state index in [0.29, 0.717) is 19.4 Å². The molecular weight excluding hydrogens is 480 g/mol. The largest absolute Gasteiger partial charge is 0.400 e.